The number of rotatable bonds is 35. The molecule has 2 aromatic heterocycles. The Morgan fingerprint density at radius 1 is 0.855 bits per heavy atom. The second kappa shape index (κ2) is 27.2. The van der Waals surface area contributed by atoms with E-state index in [1.165, 1.54) is 25.0 Å². The number of hydrogen-bond acceptors (Lipinski definition) is 18. The number of carboxylic acids is 1. The van der Waals surface area contributed by atoms with Gasteiger partial charge in [-0.1, -0.05) is 90.5 Å². The van der Waals surface area contributed by atoms with E-state index in [4.69, 9.17) is 19.5 Å². The number of carbonyl (C=O) groups is 4. The molecular formula is C47H74N7O19P3. The van der Waals surface area contributed by atoms with Crippen LogP contribution >= 0.6 is 23.5 Å². The molecule has 7 unspecified atom stereocenters. The number of amides is 2. The summed E-state index contributed by atoms with van der Waals surface area (Å²) in [7, 11) is -16.5. The van der Waals surface area contributed by atoms with Crippen LogP contribution in [0.15, 0.2) is 36.9 Å². The summed E-state index contributed by atoms with van der Waals surface area (Å²) >= 11 is 0. The Morgan fingerprint density at radius 2 is 1.46 bits per heavy atom. The number of anilines is 1. The monoisotopic (exact) mass is 1130 g/mol. The highest BCUT2D eigenvalue weighted by atomic mass is 31.3. The molecule has 29 heteroatoms. The van der Waals surface area contributed by atoms with Crippen molar-refractivity contribution in [3.05, 3.63) is 48.0 Å². The molecule has 1 aliphatic carbocycles. The number of nitrogens with one attached hydrogen (secondary N) is 2. The summed E-state index contributed by atoms with van der Waals surface area (Å²) in [6.45, 7) is 4.12. The van der Waals surface area contributed by atoms with Crippen LogP contribution in [0.3, 0.4) is 0 Å². The number of carbonyl (C=O) groups excluding carboxylic acids is 3. The number of aliphatic hydroxyl groups excluding tert-OH is 2. The van der Waals surface area contributed by atoms with E-state index in [0.29, 0.717) is 6.42 Å². The molecule has 2 aliphatic rings. The molecule has 0 radical (unpaired) electrons. The zero-order valence-corrected chi connectivity index (χ0v) is 45.9. The largest absolute Gasteiger partial charge is 0.481 e. The standard InChI is InChI=1S/C47H74N7O19P3/c1-45(2,21-13-7-5-9-15-31-17-11-12-18-32(31)16-10-6-8-14-22-47(23-24-47)44(60)61)34(55)19-25-49-35(56)20-26-50-42(59)39(58)46(3,4)28-70-76(67,68)73-75(65,66)69-27-33-38(72-74(62,63)64)37(57)43(71-33)54-30-53-36-40(48)51-29-52-41(36)54/h11-12,17-18,29-30,33,37-39,43,57-58H,5-10,13-16,19-28H2,1-4H3,(H,49,56)(H,50,59)(H,60,61)(H,65,66)(H,67,68)(H2,48,51,52)(H2,62,63,64). The molecule has 1 saturated heterocycles. The summed E-state index contributed by atoms with van der Waals surface area (Å²) in [5, 5.41) is 36.1. The summed E-state index contributed by atoms with van der Waals surface area (Å²) in [6, 6.07) is 8.54. The molecule has 7 atom stereocenters. The number of aromatic nitrogens is 4. The van der Waals surface area contributed by atoms with Crippen LogP contribution in [0.5, 0.6) is 0 Å². The lowest BCUT2D eigenvalue weighted by molar-refractivity contribution is -0.143. The SMILES string of the molecule is CC(C)(CCCCCCc1ccccc1CCCCCCC1(C(=O)O)CC1)C(=O)CCNC(=O)CCNC(=O)C(O)C(C)(C)COP(=O)(O)OP(=O)(O)OCC1OC(n2cnc3c(N)ncnc32)C(O)C1OP(=O)(O)O. The third-order valence-corrected chi connectivity index (χ3v) is 16.9. The zero-order valence-electron chi connectivity index (χ0n) is 43.2. The van der Waals surface area contributed by atoms with Crippen molar-refractivity contribution in [2.24, 2.45) is 16.2 Å². The maximum absolute atomic E-state index is 13.1. The number of phosphoric acid groups is 3. The molecule has 3 heterocycles. The molecule has 0 spiro atoms. The minimum absolute atomic E-state index is 0.00459. The molecule has 2 fully saturated rings. The van der Waals surface area contributed by atoms with Gasteiger partial charge < -0.3 is 56.0 Å². The number of carboxylic acid groups (broad SMARTS) is 1. The number of imidazole rings is 1. The number of ether oxygens (including phenoxy) is 1. The summed E-state index contributed by atoms with van der Waals surface area (Å²) in [5.74, 6) is -2.14. The molecular weight excluding hydrogens is 1060 g/mol. The summed E-state index contributed by atoms with van der Waals surface area (Å²) < 4.78 is 62.7. The minimum Gasteiger partial charge on any atom is -0.481 e. The van der Waals surface area contributed by atoms with Crippen molar-refractivity contribution in [3.8, 4) is 0 Å². The molecule has 0 bridgehead atoms. The molecule has 426 valence electrons. The van der Waals surface area contributed by atoms with Crippen LogP contribution in [0.25, 0.3) is 11.2 Å². The van der Waals surface area contributed by atoms with Crippen molar-refractivity contribution in [3.63, 3.8) is 0 Å². The van der Waals surface area contributed by atoms with E-state index in [-0.39, 0.29) is 48.7 Å². The highest BCUT2D eigenvalue weighted by molar-refractivity contribution is 7.61. The van der Waals surface area contributed by atoms with Crippen LogP contribution in [0, 0.1) is 16.2 Å². The van der Waals surface area contributed by atoms with Gasteiger partial charge in [-0.15, -0.1) is 0 Å². The number of fused-ring (bicyclic) bond motifs is 1. The number of nitrogens with two attached hydrogens (primary N) is 1. The first-order chi connectivity index (χ1) is 35.6. The number of unbranched alkanes of at least 4 members (excludes halogenated alkanes) is 6. The number of aliphatic carboxylic acids is 1. The molecule has 11 N–H and O–H groups in total. The molecule has 1 saturated carbocycles. The number of aliphatic hydroxyl groups is 2. The second-order valence-corrected chi connectivity index (χ2v) is 25.0. The van der Waals surface area contributed by atoms with Crippen molar-refractivity contribution >= 4 is 64.0 Å². The van der Waals surface area contributed by atoms with E-state index >= 15 is 0 Å². The van der Waals surface area contributed by atoms with Crippen molar-refractivity contribution in [2.75, 3.05) is 32.0 Å². The summed E-state index contributed by atoms with van der Waals surface area (Å²) in [5.41, 5.74) is 5.97. The minimum atomic E-state index is -5.60. The van der Waals surface area contributed by atoms with Gasteiger partial charge in [0.1, 0.15) is 42.0 Å². The predicted octanol–water partition coefficient (Wildman–Crippen LogP) is 4.94. The number of phosphoric ester groups is 3. The predicted molar refractivity (Wildman–Crippen MR) is 272 cm³/mol. The van der Waals surface area contributed by atoms with Crippen molar-refractivity contribution in [1.82, 2.24) is 30.2 Å². The van der Waals surface area contributed by atoms with Gasteiger partial charge in [0.2, 0.25) is 11.8 Å². The lowest BCUT2D eigenvalue weighted by Gasteiger charge is -2.30. The molecule has 1 aromatic carbocycles. The molecule has 76 heavy (non-hydrogen) atoms. The highest BCUT2D eigenvalue weighted by Crippen LogP contribution is 2.61. The molecule has 5 rings (SSSR count). The molecule has 3 aromatic rings. The number of nitrogen functional groups attached to an aromatic ring is 1. The average Bonchev–Trinajstić information content (AvgIpc) is 3.92. The quantitative estimate of drug-likeness (QED) is 0.0275. The van der Waals surface area contributed by atoms with Crippen LogP contribution in [0.4, 0.5) is 5.82 Å². The Labute approximate surface area is 440 Å². The van der Waals surface area contributed by atoms with E-state index in [1.54, 1.807) is 0 Å². The first-order valence-electron chi connectivity index (χ1n) is 25.3. The van der Waals surface area contributed by atoms with Crippen LogP contribution < -0.4 is 16.4 Å². The Hall–Kier alpha value is -4.10. The maximum atomic E-state index is 13.1. The van der Waals surface area contributed by atoms with Gasteiger partial charge in [-0.25, -0.2) is 28.6 Å². The van der Waals surface area contributed by atoms with Gasteiger partial charge in [0.25, 0.3) is 0 Å². The molecule has 1 aliphatic heterocycles. The van der Waals surface area contributed by atoms with Crippen molar-refractivity contribution in [2.45, 2.75) is 161 Å². The number of benzene rings is 1. The van der Waals surface area contributed by atoms with Crippen LogP contribution in [0.1, 0.15) is 135 Å². The Balaban J connectivity index is 0.941. The summed E-state index contributed by atoms with van der Waals surface area (Å²) in [6.07, 6.45) is 6.33. The number of aryl methyl sites for hydroxylation is 2. The lowest BCUT2D eigenvalue weighted by Crippen LogP contribution is -2.46. The number of hydrogen-bond donors (Lipinski definition) is 10. The topological polar surface area (TPSA) is 401 Å². The van der Waals surface area contributed by atoms with E-state index < -0.39 is 101 Å². The number of nitrogens with zero attached hydrogens (tertiary/aromatic N) is 4. The van der Waals surface area contributed by atoms with Gasteiger partial charge in [-0.3, -0.25) is 37.3 Å². The van der Waals surface area contributed by atoms with Crippen molar-refractivity contribution in [1.29, 1.82) is 0 Å². The molecule has 26 nitrogen and oxygen atoms in total. The van der Waals surface area contributed by atoms with Gasteiger partial charge in [-0.05, 0) is 62.5 Å². The zero-order chi connectivity index (χ0) is 56.1. The second-order valence-electron chi connectivity index (χ2n) is 20.8. The smallest absolute Gasteiger partial charge is 0.481 e. The van der Waals surface area contributed by atoms with Gasteiger partial charge in [0.05, 0.1) is 25.0 Å². The molecule has 2 amide bonds. The first-order valence-corrected chi connectivity index (χ1v) is 29.8. The van der Waals surface area contributed by atoms with E-state index in [1.807, 2.05) is 13.8 Å². The Morgan fingerprint density at radius 3 is 2.08 bits per heavy atom. The third kappa shape index (κ3) is 18.8. The number of ketones is 1. The maximum Gasteiger partial charge on any atom is 0.481 e. The normalized spacial score (nSPS) is 20.7. The fourth-order valence-electron chi connectivity index (χ4n) is 8.87. The van der Waals surface area contributed by atoms with Gasteiger partial charge >= 0.3 is 29.4 Å². The van der Waals surface area contributed by atoms with Gasteiger partial charge in [0.15, 0.2) is 17.7 Å². The third-order valence-electron chi connectivity index (χ3n) is 13.8. The summed E-state index contributed by atoms with van der Waals surface area (Å²) in [4.78, 5) is 101. The lowest BCUT2D eigenvalue weighted by atomic mass is 9.81. The average molecular weight is 1130 g/mol. The van der Waals surface area contributed by atoms with Crippen LogP contribution in [-0.4, -0.2) is 129 Å². The van der Waals surface area contributed by atoms with Crippen LogP contribution in [-0.2, 0) is 68.3 Å². The van der Waals surface area contributed by atoms with E-state index in [2.05, 4.69) is 58.7 Å². The fourth-order valence-corrected chi connectivity index (χ4v) is 11.7. The first kappa shape index (κ1) is 62.7. The number of Topliss-reactive ketones (excluding diaryl/α,β-unsaturated/α-hetero) is 1. The van der Waals surface area contributed by atoms with Gasteiger partial charge in [0, 0.05) is 36.8 Å². The highest BCUT2D eigenvalue weighted by Gasteiger charge is 2.51. The van der Waals surface area contributed by atoms with Crippen LogP contribution in [0.2, 0.25) is 0 Å². The van der Waals surface area contributed by atoms with E-state index in [9.17, 15) is 67.8 Å². The fraction of sp³-hybridized carbons (Fsp3) is 0.681. The van der Waals surface area contributed by atoms with Crippen molar-refractivity contribution < 1.29 is 90.4 Å². The van der Waals surface area contributed by atoms with Gasteiger partial charge in [-0.2, -0.15) is 4.31 Å². The van der Waals surface area contributed by atoms with E-state index in [0.717, 1.165) is 101 Å². The Kier molecular flexibility index (Phi) is 22.4. The Bertz CT molecular complexity index is 2610.